The van der Waals surface area contributed by atoms with Gasteiger partial charge in [0.05, 0.1) is 7.11 Å². The van der Waals surface area contributed by atoms with Gasteiger partial charge in [-0.1, -0.05) is 12.1 Å². The summed E-state index contributed by atoms with van der Waals surface area (Å²) in [4.78, 5) is 25.8. The third-order valence-electron chi connectivity index (χ3n) is 4.15. The fourth-order valence-corrected chi connectivity index (χ4v) is 2.83. The van der Waals surface area contributed by atoms with Crippen molar-refractivity contribution in [2.75, 3.05) is 20.2 Å². The first-order valence-electron chi connectivity index (χ1n) is 7.72. The largest absolute Gasteiger partial charge is 0.497 e. The number of rotatable bonds is 4. The van der Waals surface area contributed by atoms with E-state index in [0.29, 0.717) is 38.9 Å². The van der Waals surface area contributed by atoms with Gasteiger partial charge in [-0.05, 0) is 24.1 Å². The van der Waals surface area contributed by atoms with Crippen molar-refractivity contribution in [2.45, 2.75) is 25.8 Å². The van der Waals surface area contributed by atoms with Gasteiger partial charge in [-0.3, -0.25) is 9.36 Å². The Morgan fingerprint density at radius 3 is 3.04 bits per heavy atom. The number of methoxy groups -OCH3 is 1. The molecule has 0 fully saturated rings. The van der Waals surface area contributed by atoms with Gasteiger partial charge in [0, 0.05) is 32.5 Å². The molecule has 0 saturated carbocycles. The normalized spacial score (nSPS) is 14.2. The number of H-pyrrole nitrogens is 1. The van der Waals surface area contributed by atoms with Gasteiger partial charge in [-0.15, -0.1) is 0 Å². The summed E-state index contributed by atoms with van der Waals surface area (Å²) in [5, 5.41) is 6.45. The van der Waals surface area contributed by atoms with E-state index in [4.69, 9.17) is 4.74 Å². The predicted molar refractivity (Wildman–Crippen MR) is 84.4 cm³/mol. The van der Waals surface area contributed by atoms with Crippen molar-refractivity contribution in [3.05, 3.63) is 46.1 Å². The number of nitrogens with one attached hydrogen (secondary N) is 1. The average molecular weight is 316 g/mol. The molecule has 0 unspecified atom stereocenters. The highest BCUT2D eigenvalue weighted by molar-refractivity contribution is 5.76. The molecule has 1 aromatic carbocycles. The summed E-state index contributed by atoms with van der Waals surface area (Å²) in [5.41, 5.74) is 0.877. The summed E-state index contributed by atoms with van der Waals surface area (Å²) in [5.74, 6) is 1.63. The van der Waals surface area contributed by atoms with E-state index in [-0.39, 0.29) is 11.6 Å². The zero-order chi connectivity index (χ0) is 16.2. The molecule has 7 nitrogen and oxygen atoms in total. The number of hydrogen-bond acceptors (Lipinski definition) is 4. The Morgan fingerprint density at radius 2 is 2.22 bits per heavy atom. The van der Waals surface area contributed by atoms with Gasteiger partial charge in [0.2, 0.25) is 5.91 Å². The summed E-state index contributed by atoms with van der Waals surface area (Å²) < 4.78 is 6.80. The molecule has 1 amide bonds. The minimum absolute atomic E-state index is 0.106. The fraction of sp³-hybridized carbons (Fsp3) is 0.438. The van der Waals surface area contributed by atoms with Gasteiger partial charge in [-0.25, -0.2) is 9.89 Å². The Hall–Kier alpha value is -2.57. The molecule has 1 aromatic heterocycles. The summed E-state index contributed by atoms with van der Waals surface area (Å²) in [6.45, 7) is 1.64. The van der Waals surface area contributed by atoms with Gasteiger partial charge in [-0.2, -0.15) is 5.10 Å². The van der Waals surface area contributed by atoms with Gasteiger partial charge in [0.25, 0.3) is 0 Å². The summed E-state index contributed by atoms with van der Waals surface area (Å²) >= 11 is 0. The van der Waals surface area contributed by atoms with Gasteiger partial charge in [0.15, 0.2) is 0 Å². The number of carbonyl (C=O) groups is 1. The van der Waals surface area contributed by atoms with Crippen LogP contribution in [0.4, 0.5) is 0 Å². The molecule has 7 heteroatoms. The summed E-state index contributed by atoms with van der Waals surface area (Å²) in [6.07, 6.45) is 1.73. The second-order valence-corrected chi connectivity index (χ2v) is 5.58. The molecular weight excluding hydrogens is 296 g/mol. The van der Waals surface area contributed by atoms with Crippen molar-refractivity contribution in [1.29, 1.82) is 0 Å². The predicted octanol–water partition coefficient (Wildman–Crippen LogP) is 0.597. The van der Waals surface area contributed by atoms with Crippen molar-refractivity contribution in [3.8, 4) is 5.75 Å². The standard InChI is InChI=1S/C16H20N4O3/c1-23-13-4-2-3-12(11-13)5-6-15(21)19-8-7-14-17-18-16(22)20(14)10-9-19/h2-4,11H,5-10H2,1H3,(H,18,22). The molecule has 2 aromatic rings. The van der Waals surface area contributed by atoms with Gasteiger partial charge < -0.3 is 9.64 Å². The van der Waals surface area contributed by atoms with Crippen LogP contribution >= 0.6 is 0 Å². The molecule has 3 rings (SSSR count). The Labute approximate surface area is 133 Å². The van der Waals surface area contributed by atoms with Crippen molar-refractivity contribution in [2.24, 2.45) is 0 Å². The maximum absolute atomic E-state index is 12.4. The second kappa shape index (κ2) is 6.68. The number of carbonyl (C=O) groups excluding carboxylic acids is 1. The van der Waals surface area contributed by atoms with Crippen LogP contribution in [0.15, 0.2) is 29.1 Å². The molecule has 0 atom stereocenters. The average Bonchev–Trinajstić information content (AvgIpc) is 2.80. The number of fused-ring (bicyclic) bond motifs is 1. The number of hydrogen-bond donors (Lipinski definition) is 1. The van der Waals surface area contributed by atoms with Crippen LogP contribution in [-0.4, -0.2) is 45.8 Å². The maximum atomic E-state index is 12.4. The molecule has 0 aliphatic carbocycles. The van der Waals surface area contributed by atoms with Gasteiger partial charge in [0.1, 0.15) is 11.6 Å². The van der Waals surface area contributed by atoms with Crippen LogP contribution in [0.2, 0.25) is 0 Å². The fourth-order valence-electron chi connectivity index (χ4n) is 2.83. The quantitative estimate of drug-likeness (QED) is 0.895. The number of ether oxygens (including phenoxy) is 1. The van der Waals surface area contributed by atoms with Crippen LogP contribution in [0.5, 0.6) is 5.75 Å². The highest BCUT2D eigenvalue weighted by atomic mass is 16.5. The van der Waals surface area contributed by atoms with E-state index in [1.165, 1.54) is 0 Å². The van der Waals surface area contributed by atoms with Crippen LogP contribution in [0, 0.1) is 0 Å². The number of aromatic amines is 1. The second-order valence-electron chi connectivity index (χ2n) is 5.58. The van der Waals surface area contributed by atoms with Crippen LogP contribution in [0.1, 0.15) is 17.8 Å². The van der Waals surface area contributed by atoms with E-state index < -0.39 is 0 Å². The smallest absolute Gasteiger partial charge is 0.343 e. The summed E-state index contributed by atoms with van der Waals surface area (Å²) in [6, 6.07) is 7.76. The molecule has 0 saturated heterocycles. The lowest BCUT2D eigenvalue weighted by molar-refractivity contribution is -0.131. The topological polar surface area (TPSA) is 80.2 Å². The lowest BCUT2D eigenvalue weighted by Crippen LogP contribution is -2.34. The van der Waals surface area contributed by atoms with Gasteiger partial charge >= 0.3 is 5.69 Å². The molecule has 0 bridgehead atoms. The number of aromatic nitrogens is 3. The van der Waals surface area contributed by atoms with Crippen LogP contribution in [0.25, 0.3) is 0 Å². The Morgan fingerprint density at radius 1 is 1.35 bits per heavy atom. The zero-order valence-corrected chi connectivity index (χ0v) is 13.1. The monoisotopic (exact) mass is 316 g/mol. The maximum Gasteiger partial charge on any atom is 0.343 e. The van der Waals surface area contributed by atoms with E-state index in [0.717, 1.165) is 17.1 Å². The van der Waals surface area contributed by atoms with Crippen molar-refractivity contribution < 1.29 is 9.53 Å². The number of aryl methyl sites for hydroxylation is 1. The lowest BCUT2D eigenvalue weighted by Gasteiger charge is -2.20. The van der Waals surface area contributed by atoms with E-state index in [1.807, 2.05) is 29.2 Å². The highest BCUT2D eigenvalue weighted by Gasteiger charge is 2.20. The van der Waals surface area contributed by atoms with Crippen LogP contribution in [0.3, 0.4) is 0 Å². The van der Waals surface area contributed by atoms with Crippen LogP contribution < -0.4 is 10.4 Å². The van der Waals surface area contributed by atoms with E-state index in [1.54, 1.807) is 11.7 Å². The first-order valence-corrected chi connectivity index (χ1v) is 7.72. The Balaban J connectivity index is 1.57. The molecule has 0 spiro atoms. The minimum Gasteiger partial charge on any atom is -0.497 e. The third-order valence-corrected chi connectivity index (χ3v) is 4.15. The van der Waals surface area contributed by atoms with E-state index >= 15 is 0 Å². The number of nitrogens with zero attached hydrogens (tertiary/aromatic N) is 3. The lowest BCUT2D eigenvalue weighted by atomic mass is 10.1. The molecule has 2 heterocycles. The van der Waals surface area contributed by atoms with Crippen molar-refractivity contribution in [1.82, 2.24) is 19.7 Å². The zero-order valence-electron chi connectivity index (χ0n) is 13.1. The SMILES string of the molecule is COc1cccc(CCC(=O)N2CCc3n[nH]c(=O)n3CC2)c1. The molecule has 23 heavy (non-hydrogen) atoms. The van der Waals surface area contributed by atoms with Crippen molar-refractivity contribution in [3.63, 3.8) is 0 Å². The molecular formula is C16H20N4O3. The molecule has 1 aliphatic rings. The van der Waals surface area contributed by atoms with E-state index in [9.17, 15) is 9.59 Å². The number of benzene rings is 1. The van der Waals surface area contributed by atoms with Crippen LogP contribution in [-0.2, 0) is 24.2 Å². The number of amides is 1. The first-order chi connectivity index (χ1) is 11.2. The Bertz CT molecular complexity index is 750. The summed E-state index contributed by atoms with van der Waals surface area (Å²) in [7, 11) is 1.63. The molecule has 122 valence electrons. The molecule has 1 aliphatic heterocycles. The Kier molecular flexibility index (Phi) is 4.45. The van der Waals surface area contributed by atoms with Crippen molar-refractivity contribution >= 4 is 5.91 Å². The van der Waals surface area contributed by atoms with E-state index in [2.05, 4.69) is 10.2 Å². The highest BCUT2D eigenvalue weighted by Crippen LogP contribution is 2.15. The molecule has 1 N–H and O–H groups in total. The minimum atomic E-state index is -0.203. The molecule has 0 radical (unpaired) electrons. The first kappa shape index (κ1) is 15.3. The third kappa shape index (κ3) is 3.44.